The minimum atomic E-state index is -0.267. The van der Waals surface area contributed by atoms with Gasteiger partial charge < -0.3 is 19.1 Å². The molecule has 0 fully saturated rings. The monoisotopic (exact) mass is 908 g/mol. The molecule has 3 heterocycles. The van der Waals surface area contributed by atoms with E-state index in [1.54, 1.807) is 0 Å². The second-order valence-corrected chi connectivity index (χ2v) is 17.3. The number of anilines is 4. The molecule has 0 saturated carbocycles. The zero-order valence-electron chi connectivity index (χ0n) is 32.9. The minimum absolute atomic E-state index is 0. The molecule has 1 aliphatic heterocycles. The van der Waals surface area contributed by atoms with Crippen LogP contribution in [0.15, 0.2) is 109 Å². The van der Waals surface area contributed by atoms with Crippen LogP contribution in [0.1, 0.15) is 79.0 Å². The molecule has 0 unspecified atom stereocenters. The van der Waals surface area contributed by atoms with Crippen LogP contribution in [0, 0.1) is 24.6 Å². The Morgan fingerprint density at radius 3 is 2.02 bits per heavy atom. The molecule has 0 bridgehead atoms. The third kappa shape index (κ3) is 7.30. The molecule has 7 heteroatoms. The zero-order chi connectivity index (χ0) is 38.2. The van der Waals surface area contributed by atoms with Crippen LogP contribution in [0.5, 0.6) is 11.5 Å². The van der Waals surface area contributed by atoms with E-state index < -0.39 is 0 Å². The van der Waals surface area contributed by atoms with Gasteiger partial charge in [-0.05, 0) is 87.4 Å². The van der Waals surface area contributed by atoms with Crippen molar-refractivity contribution in [1.82, 2.24) is 9.55 Å². The fraction of sp³-hybridized carbons (Fsp3) is 0.250. The largest absolute Gasteiger partial charge is 0.509 e. The first-order valence-electron chi connectivity index (χ1n) is 18.6. The SMILES string of the molecule is CC(C)(C)c1cc(Oc2[c-]c3c(cc2)c2ccccc2n3-c2cc(C(C)(C)C)ccn2)[c-]c(N2[CH-]N(c3ccc(F)cc3)c3cc(C(C)(C)C)ccc32)c1.[Pt]. The summed E-state index contributed by atoms with van der Waals surface area (Å²) < 4.78 is 23.0. The van der Waals surface area contributed by atoms with Gasteiger partial charge in [-0.15, -0.1) is 53.6 Å². The minimum Gasteiger partial charge on any atom is -0.509 e. The van der Waals surface area contributed by atoms with E-state index >= 15 is 0 Å². The van der Waals surface area contributed by atoms with Crippen LogP contribution in [-0.2, 0) is 37.3 Å². The second kappa shape index (κ2) is 14.0. The number of rotatable bonds is 5. The van der Waals surface area contributed by atoms with Gasteiger partial charge in [-0.25, -0.2) is 9.37 Å². The first-order chi connectivity index (χ1) is 25.5. The van der Waals surface area contributed by atoms with Gasteiger partial charge in [0.25, 0.3) is 0 Å². The third-order valence-corrected chi connectivity index (χ3v) is 10.3. The number of hydrogen-bond acceptors (Lipinski definition) is 4. The van der Waals surface area contributed by atoms with E-state index in [0.29, 0.717) is 11.5 Å². The van der Waals surface area contributed by atoms with E-state index in [1.807, 2.05) is 24.4 Å². The quantitative estimate of drug-likeness (QED) is 0.161. The molecule has 0 aliphatic carbocycles. The summed E-state index contributed by atoms with van der Waals surface area (Å²) >= 11 is 0. The van der Waals surface area contributed by atoms with E-state index in [-0.39, 0.29) is 43.1 Å². The van der Waals surface area contributed by atoms with E-state index in [4.69, 9.17) is 9.72 Å². The number of fused-ring (bicyclic) bond motifs is 4. The molecule has 0 atom stereocenters. The molecule has 5 aromatic carbocycles. The summed E-state index contributed by atoms with van der Waals surface area (Å²) in [4.78, 5) is 9.10. The molecule has 2 aromatic heterocycles. The van der Waals surface area contributed by atoms with Crippen LogP contribution in [0.3, 0.4) is 0 Å². The van der Waals surface area contributed by atoms with Gasteiger partial charge in [0.15, 0.2) is 0 Å². The van der Waals surface area contributed by atoms with Crippen LogP contribution < -0.4 is 14.5 Å². The van der Waals surface area contributed by atoms with Crippen LogP contribution >= 0.6 is 0 Å². The molecular formula is C48H46FN4OPt-3. The summed E-state index contributed by atoms with van der Waals surface area (Å²) in [6, 6.07) is 41.5. The molecule has 0 N–H and O–H groups in total. The smallest absolute Gasteiger partial charge is 0.135 e. The van der Waals surface area contributed by atoms with Crippen molar-refractivity contribution < 1.29 is 30.2 Å². The van der Waals surface area contributed by atoms with Crippen molar-refractivity contribution in [3.63, 3.8) is 0 Å². The number of halogens is 1. The van der Waals surface area contributed by atoms with Crippen LogP contribution in [0.25, 0.3) is 27.6 Å². The van der Waals surface area contributed by atoms with Crippen molar-refractivity contribution in [3.8, 4) is 17.3 Å². The number of pyridine rings is 1. The maximum absolute atomic E-state index is 14.1. The first-order valence-corrected chi connectivity index (χ1v) is 18.6. The van der Waals surface area contributed by atoms with Gasteiger partial charge in [0.2, 0.25) is 0 Å². The number of hydrogen-bond donors (Lipinski definition) is 0. The van der Waals surface area contributed by atoms with E-state index in [2.05, 4.69) is 168 Å². The Labute approximate surface area is 339 Å². The zero-order valence-corrected chi connectivity index (χ0v) is 35.1. The van der Waals surface area contributed by atoms with Crippen molar-refractivity contribution in [2.45, 2.75) is 78.6 Å². The van der Waals surface area contributed by atoms with Gasteiger partial charge in [-0.1, -0.05) is 92.1 Å². The number of nitrogens with zero attached hydrogens (tertiary/aromatic N) is 4. The molecule has 0 saturated heterocycles. The Kier molecular flexibility index (Phi) is 9.74. The summed E-state index contributed by atoms with van der Waals surface area (Å²) in [5.74, 6) is 1.75. The maximum atomic E-state index is 14.1. The molecule has 7 aromatic rings. The molecule has 5 nitrogen and oxygen atoms in total. The van der Waals surface area contributed by atoms with E-state index in [1.165, 1.54) is 23.3 Å². The van der Waals surface area contributed by atoms with Gasteiger partial charge in [0.1, 0.15) is 11.6 Å². The average Bonchev–Trinajstić information content (AvgIpc) is 3.66. The van der Waals surface area contributed by atoms with E-state index in [9.17, 15) is 4.39 Å². The fourth-order valence-electron chi connectivity index (χ4n) is 7.07. The van der Waals surface area contributed by atoms with Crippen LogP contribution in [0.2, 0.25) is 0 Å². The van der Waals surface area contributed by atoms with Crippen molar-refractivity contribution >= 4 is 44.6 Å². The van der Waals surface area contributed by atoms with Crippen LogP contribution in [-0.4, -0.2) is 9.55 Å². The molecule has 0 radical (unpaired) electrons. The summed E-state index contributed by atoms with van der Waals surface area (Å²) in [5, 5.41) is 2.21. The maximum Gasteiger partial charge on any atom is 0.135 e. The Morgan fingerprint density at radius 1 is 0.618 bits per heavy atom. The molecule has 1 aliphatic rings. The van der Waals surface area contributed by atoms with Gasteiger partial charge in [0, 0.05) is 61.3 Å². The molecule has 0 spiro atoms. The van der Waals surface area contributed by atoms with Crippen LogP contribution in [0.4, 0.5) is 27.1 Å². The van der Waals surface area contributed by atoms with Gasteiger partial charge >= 0.3 is 0 Å². The molecular weight excluding hydrogens is 863 g/mol. The summed E-state index contributed by atoms with van der Waals surface area (Å²) in [6.45, 7) is 22.0. The predicted octanol–water partition coefficient (Wildman–Crippen LogP) is 13.0. The number of aromatic nitrogens is 2. The van der Waals surface area contributed by atoms with Gasteiger partial charge in [0.05, 0.1) is 0 Å². The normalized spacial score (nSPS) is 13.3. The Bertz CT molecular complexity index is 2540. The number of para-hydroxylation sites is 1. The summed E-state index contributed by atoms with van der Waals surface area (Å²) in [6.07, 6.45) is 1.89. The Hall–Kier alpha value is -4.93. The van der Waals surface area contributed by atoms with Gasteiger partial charge in [-0.2, -0.15) is 6.07 Å². The topological polar surface area (TPSA) is 33.5 Å². The first kappa shape index (κ1) is 38.3. The summed E-state index contributed by atoms with van der Waals surface area (Å²) in [5.41, 5.74) is 8.95. The van der Waals surface area contributed by atoms with Crippen molar-refractivity contribution in [2.75, 3.05) is 9.80 Å². The Balaban J connectivity index is 0.00000465. The third-order valence-electron chi connectivity index (χ3n) is 10.3. The van der Waals surface area contributed by atoms with Crippen molar-refractivity contribution in [2.24, 2.45) is 0 Å². The molecule has 284 valence electrons. The second-order valence-electron chi connectivity index (χ2n) is 17.3. The fourth-order valence-corrected chi connectivity index (χ4v) is 7.07. The number of benzene rings is 5. The van der Waals surface area contributed by atoms with Crippen molar-refractivity contribution in [1.29, 1.82) is 0 Å². The standard InChI is InChI=1S/C48H46FN4O.Pt/c1-46(2,3)31-14-21-42-44(26-31)51(35-17-15-34(49)16-18-35)30-52(42)36-24-33(48(7,8)9)25-38(28-36)54-37-19-20-40-39-12-10-11-13-41(39)53(43(40)29-37)45-27-32(22-23-50-45)47(4,5)6;/h10-27,30H,1-9H3;/q-3;. The molecule has 8 rings (SSSR count). The molecule has 0 amide bonds. The Morgan fingerprint density at radius 2 is 1.31 bits per heavy atom. The summed E-state index contributed by atoms with van der Waals surface area (Å²) in [7, 11) is 0. The average molecular weight is 909 g/mol. The van der Waals surface area contributed by atoms with Crippen molar-refractivity contribution in [3.05, 3.63) is 151 Å². The van der Waals surface area contributed by atoms with Gasteiger partial charge in [-0.3, -0.25) is 0 Å². The predicted molar refractivity (Wildman–Crippen MR) is 220 cm³/mol. The number of ether oxygens (including phenoxy) is 1. The molecule has 55 heavy (non-hydrogen) atoms. The van der Waals surface area contributed by atoms with E-state index in [0.717, 1.165) is 55.9 Å².